The number of aromatic amines is 1. The molecule has 1 saturated carbocycles. The fraction of sp³-hybridized carbons (Fsp3) is 0.238. The van der Waals surface area contributed by atoms with E-state index in [0.29, 0.717) is 11.1 Å². The lowest BCUT2D eigenvalue weighted by atomic mass is 10.1. The number of hydrogen-bond acceptors (Lipinski definition) is 2. The largest absolute Gasteiger partial charge is 0.331 e. The summed E-state index contributed by atoms with van der Waals surface area (Å²) in [6, 6.07) is 13.4. The maximum Gasteiger partial charge on any atom is 0.254 e. The molecule has 4 nitrogen and oxygen atoms in total. The summed E-state index contributed by atoms with van der Waals surface area (Å²) in [5.41, 5.74) is 2.71. The first kappa shape index (κ1) is 16.5. The number of pyridine rings is 1. The van der Waals surface area contributed by atoms with E-state index in [1.807, 2.05) is 31.2 Å². The number of nitrogens with zero attached hydrogens (tertiary/aromatic N) is 1. The van der Waals surface area contributed by atoms with Crippen molar-refractivity contribution in [3.8, 4) is 0 Å². The fourth-order valence-electron chi connectivity index (χ4n) is 3.18. The predicted octanol–water partition coefficient (Wildman–Crippen LogP) is 3.78. The van der Waals surface area contributed by atoms with Crippen molar-refractivity contribution in [3.63, 3.8) is 0 Å². The Morgan fingerprint density at radius 2 is 1.88 bits per heavy atom. The average Bonchev–Trinajstić information content (AvgIpc) is 3.45. The van der Waals surface area contributed by atoms with Crippen LogP contribution in [0.5, 0.6) is 0 Å². The van der Waals surface area contributed by atoms with Crippen molar-refractivity contribution in [2.75, 3.05) is 0 Å². The van der Waals surface area contributed by atoms with Gasteiger partial charge < -0.3 is 9.88 Å². The van der Waals surface area contributed by atoms with Gasteiger partial charge in [0.1, 0.15) is 5.82 Å². The average molecular weight is 350 g/mol. The van der Waals surface area contributed by atoms with Crippen molar-refractivity contribution in [2.45, 2.75) is 32.4 Å². The Kier molecular flexibility index (Phi) is 4.07. The van der Waals surface area contributed by atoms with E-state index in [-0.39, 0.29) is 29.9 Å². The number of halogens is 1. The van der Waals surface area contributed by atoms with E-state index in [1.165, 1.54) is 24.3 Å². The molecule has 1 N–H and O–H groups in total. The fourth-order valence-corrected chi connectivity index (χ4v) is 3.18. The summed E-state index contributed by atoms with van der Waals surface area (Å²) < 4.78 is 13.1. The number of rotatable bonds is 4. The molecule has 0 aliphatic heterocycles. The zero-order chi connectivity index (χ0) is 18.3. The lowest BCUT2D eigenvalue weighted by Crippen LogP contribution is -2.34. The summed E-state index contributed by atoms with van der Waals surface area (Å²) >= 11 is 0. The first-order valence-electron chi connectivity index (χ1n) is 8.70. The van der Waals surface area contributed by atoms with E-state index in [4.69, 9.17) is 0 Å². The van der Waals surface area contributed by atoms with Gasteiger partial charge in [-0.05, 0) is 67.6 Å². The quantitative estimate of drug-likeness (QED) is 0.778. The number of aryl methyl sites for hydroxylation is 1. The highest BCUT2D eigenvalue weighted by Gasteiger charge is 2.33. The summed E-state index contributed by atoms with van der Waals surface area (Å²) in [7, 11) is 0. The Morgan fingerprint density at radius 3 is 2.58 bits per heavy atom. The Hall–Kier alpha value is -2.95. The predicted molar refractivity (Wildman–Crippen MR) is 98.6 cm³/mol. The molecule has 0 saturated heterocycles. The molecule has 3 aromatic rings. The highest BCUT2D eigenvalue weighted by Crippen LogP contribution is 2.30. The van der Waals surface area contributed by atoms with Gasteiger partial charge >= 0.3 is 0 Å². The first-order valence-corrected chi connectivity index (χ1v) is 8.70. The van der Waals surface area contributed by atoms with Gasteiger partial charge in [-0.3, -0.25) is 9.59 Å². The third kappa shape index (κ3) is 3.25. The summed E-state index contributed by atoms with van der Waals surface area (Å²) in [4.78, 5) is 29.9. The van der Waals surface area contributed by atoms with E-state index < -0.39 is 0 Å². The van der Waals surface area contributed by atoms with Gasteiger partial charge in [-0.15, -0.1) is 0 Å². The molecule has 1 fully saturated rings. The van der Waals surface area contributed by atoms with Crippen molar-refractivity contribution < 1.29 is 9.18 Å². The van der Waals surface area contributed by atoms with Crippen LogP contribution in [0.3, 0.4) is 0 Å². The molecule has 0 atom stereocenters. The van der Waals surface area contributed by atoms with Crippen LogP contribution in [0.15, 0.2) is 53.3 Å². The van der Waals surface area contributed by atoms with Gasteiger partial charge in [-0.1, -0.05) is 11.6 Å². The summed E-state index contributed by atoms with van der Waals surface area (Å²) in [6.07, 6.45) is 1.86. The highest BCUT2D eigenvalue weighted by molar-refractivity contribution is 5.94. The second-order valence-electron chi connectivity index (χ2n) is 6.89. The highest BCUT2D eigenvalue weighted by atomic mass is 19.1. The molecule has 1 amide bonds. The zero-order valence-electron chi connectivity index (χ0n) is 14.5. The molecular weight excluding hydrogens is 331 g/mol. The van der Waals surface area contributed by atoms with E-state index in [0.717, 1.165) is 29.3 Å². The van der Waals surface area contributed by atoms with E-state index in [2.05, 4.69) is 4.98 Å². The lowest BCUT2D eigenvalue weighted by molar-refractivity contribution is 0.0729. The van der Waals surface area contributed by atoms with Crippen LogP contribution < -0.4 is 5.56 Å². The molecule has 1 aromatic heterocycles. The van der Waals surface area contributed by atoms with Crippen molar-refractivity contribution in [2.24, 2.45) is 0 Å². The molecule has 0 radical (unpaired) electrons. The normalized spacial score (nSPS) is 13.8. The van der Waals surface area contributed by atoms with Gasteiger partial charge in [-0.25, -0.2) is 4.39 Å². The van der Waals surface area contributed by atoms with Crippen molar-refractivity contribution in [1.29, 1.82) is 0 Å². The van der Waals surface area contributed by atoms with E-state index in [9.17, 15) is 14.0 Å². The lowest BCUT2D eigenvalue weighted by Gasteiger charge is -2.22. The molecule has 1 heterocycles. The molecule has 0 bridgehead atoms. The molecule has 5 heteroatoms. The number of H-pyrrole nitrogens is 1. The third-order valence-electron chi connectivity index (χ3n) is 4.76. The van der Waals surface area contributed by atoms with Crippen LogP contribution in [0.1, 0.15) is 34.3 Å². The Balaban J connectivity index is 1.67. The number of carbonyl (C=O) groups is 1. The van der Waals surface area contributed by atoms with Crippen LogP contribution in [0, 0.1) is 12.7 Å². The topological polar surface area (TPSA) is 53.2 Å². The number of benzene rings is 2. The SMILES string of the molecule is Cc1ccc2[nH]c(=O)c(CN(C(=O)c3ccc(F)cc3)C3CC3)cc2c1. The molecule has 1 aliphatic carbocycles. The maximum atomic E-state index is 13.1. The van der Waals surface area contributed by atoms with Crippen LogP contribution in [-0.4, -0.2) is 21.8 Å². The second kappa shape index (κ2) is 6.41. The Labute approximate surface area is 150 Å². The molecular formula is C21H19FN2O2. The smallest absolute Gasteiger partial charge is 0.254 e. The third-order valence-corrected chi connectivity index (χ3v) is 4.76. The molecule has 2 aromatic carbocycles. The minimum absolute atomic E-state index is 0.139. The van der Waals surface area contributed by atoms with Crippen LogP contribution >= 0.6 is 0 Å². The number of aromatic nitrogens is 1. The van der Waals surface area contributed by atoms with Gasteiger partial charge in [-0.2, -0.15) is 0 Å². The Bertz CT molecular complexity index is 1040. The van der Waals surface area contributed by atoms with Crippen molar-refractivity contribution >= 4 is 16.8 Å². The van der Waals surface area contributed by atoms with Crippen molar-refractivity contribution in [3.05, 3.63) is 81.4 Å². The zero-order valence-corrected chi connectivity index (χ0v) is 14.5. The minimum Gasteiger partial charge on any atom is -0.331 e. The second-order valence-corrected chi connectivity index (χ2v) is 6.89. The number of fused-ring (bicyclic) bond motifs is 1. The molecule has 0 unspecified atom stereocenters. The first-order chi connectivity index (χ1) is 12.5. The standard InChI is InChI=1S/C21H19FN2O2/c1-13-2-9-19-15(10-13)11-16(20(25)23-19)12-24(18-7-8-18)21(26)14-3-5-17(22)6-4-14/h2-6,9-11,18H,7-8,12H2,1H3,(H,23,25). The molecule has 132 valence electrons. The van der Waals surface area contributed by atoms with Crippen LogP contribution in [0.4, 0.5) is 4.39 Å². The van der Waals surface area contributed by atoms with Gasteiger partial charge in [0, 0.05) is 22.7 Å². The summed E-state index contributed by atoms with van der Waals surface area (Å²) in [5, 5.41) is 0.949. The Morgan fingerprint density at radius 1 is 1.15 bits per heavy atom. The monoisotopic (exact) mass is 350 g/mol. The number of carbonyl (C=O) groups excluding carboxylic acids is 1. The summed E-state index contributed by atoms with van der Waals surface area (Å²) in [5.74, 6) is -0.544. The van der Waals surface area contributed by atoms with Crippen LogP contribution in [-0.2, 0) is 6.54 Å². The van der Waals surface area contributed by atoms with E-state index in [1.54, 1.807) is 4.90 Å². The van der Waals surface area contributed by atoms with Crippen molar-refractivity contribution in [1.82, 2.24) is 9.88 Å². The molecule has 1 aliphatic rings. The van der Waals surface area contributed by atoms with E-state index >= 15 is 0 Å². The number of hydrogen-bond donors (Lipinski definition) is 1. The number of amides is 1. The van der Waals surface area contributed by atoms with Gasteiger partial charge in [0.05, 0.1) is 6.54 Å². The minimum atomic E-state index is -0.374. The van der Waals surface area contributed by atoms with Crippen LogP contribution in [0.25, 0.3) is 10.9 Å². The van der Waals surface area contributed by atoms with Gasteiger partial charge in [0.25, 0.3) is 11.5 Å². The summed E-state index contributed by atoms with van der Waals surface area (Å²) in [6.45, 7) is 2.25. The van der Waals surface area contributed by atoms with Gasteiger partial charge in [0.15, 0.2) is 0 Å². The maximum absolute atomic E-state index is 13.1. The molecule has 4 rings (SSSR count). The van der Waals surface area contributed by atoms with Crippen LogP contribution in [0.2, 0.25) is 0 Å². The molecule has 0 spiro atoms. The van der Waals surface area contributed by atoms with Gasteiger partial charge in [0.2, 0.25) is 0 Å². The molecule has 26 heavy (non-hydrogen) atoms. The number of nitrogens with one attached hydrogen (secondary N) is 1.